The summed E-state index contributed by atoms with van der Waals surface area (Å²) in [6.45, 7) is 1.02. The van der Waals surface area contributed by atoms with Crippen LogP contribution in [0.5, 0.6) is 5.75 Å². The van der Waals surface area contributed by atoms with E-state index in [1.807, 2.05) is 48.5 Å². The highest BCUT2D eigenvalue weighted by molar-refractivity contribution is 7.99. The number of benzene rings is 2. The lowest BCUT2D eigenvalue weighted by Gasteiger charge is -2.13. The Balaban J connectivity index is 1.75. The van der Waals surface area contributed by atoms with Crippen molar-refractivity contribution in [3.8, 4) is 5.75 Å². The van der Waals surface area contributed by atoms with Crippen LogP contribution in [0.3, 0.4) is 0 Å². The molecule has 2 aromatic carbocycles. The van der Waals surface area contributed by atoms with Gasteiger partial charge in [-0.05, 0) is 30.7 Å². The molecule has 0 saturated carbocycles. The number of nitrogens with zero attached hydrogens (tertiary/aromatic N) is 2. The summed E-state index contributed by atoms with van der Waals surface area (Å²) < 4.78 is 7.34. The first-order valence-electron chi connectivity index (χ1n) is 8.20. The molecule has 0 radical (unpaired) electrons. The number of rotatable bonds is 8. The topological polar surface area (TPSA) is 64.3 Å². The van der Waals surface area contributed by atoms with E-state index in [4.69, 9.17) is 9.84 Å². The minimum absolute atomic E-state index is 0.0422. The summed E-state index contributed by atoms with van der Waals surface area (Å²) in [6, 6.07) is 17.0. The first-order valence-corrected chi connectivity index (χ1v) is 9.19. The van der Waals surface area contributed by atoms with Crippen molar-refractivity contribution in [1.82, 2.24) is 9.55 Å². The molecule has 0 saturated heterocycles. The molecule has 1 aromatic heterocycles. The van der Waals surface area contributed by atoms with E-state index < -0.39 is 0 Å². The van der Waals surface area contributed by atoms with Crippen LogP contribution in [0.4, 0.5) is 0 Å². The molecule has 0 amide bonds. The zero-order valence-corrected chi connectivity index (χ0v) is 14.6. The number of ether oxygens (including phenoxy) is 1. The van der Waals surface area contributed by atoms with Crippen LogP contribution in [0, 0.1) is 0 Å². The second-order valence-electron chi connectivity index (χ2n) is 5.46. The number of thioether (sulfide) groups is 1. The number of fused-ring (bicyclic) bond motifs is 1. The van der Waals surface area contributed by atoms with E-state index >= 15 is 0 Å². The monoisotopic (exact) mass is 356 g/mol. The van der Waals surface area contributed by atoms with Crippen LogP contribution in [-0.2, 0) is 6.54 Å². The van der Waals surface area contributed by atoms with Crippen molar-refractivity contribution in [3.05, 3.63) is 65.0 Å². The van der Waals surface area contributed by atoms with E-state index in [0.29, 0.717) is 41.4 Å². The second-order valence-corrected chi connectivity index (χ2v) is 6.52. The van der Waals surface area contributed by atoms with Crippen molar-refractivity contribution in [2.45, 2.75) is 18.1 Å². The summed E-state index contributed by atoms with van der Waals surface area (Å²) in [5.41, 5.74) is 0.629. The lowest BCUT2D eigenvalue weighted by Crippen LogP contribution is -2.24. The van der Waals surface area contributed by atoms with Gasteiger partial charge < -0.3 is 9.84 Å². The van der Waals surface area contributed by atoms with Gasteiger partial charge in [-0.1, -0.05) is 42.1 Å². The molecule has 0 aliphatic carbocycles. The van der Waals surface area contributed by atoms with Crippen LogP contribution in [-0.4, -0.2) is 33.6 Å². The Morgan fingerprint density at radius 3 is 2.64 bits per heavy atom. The maximum atomic E-state index is 12.7. The fraction of sp³-hybridized carbons (Fsp3) is 0.263. The average Bonchev–Trinajstić information content (AvgIpc) is 2.66. The Bertz CT molecular complexity index is 881. The Hall–Kier alpha value is -2.31. The highest BCUT2D eigenvalue weighted by atomic mass is 32.2. The molecule has 0 spiro atoms. The zero-order valence-electron chi connectivity index (χ0n) is 13.8. The van der Waals surface area contributed by atoms with Crippen LogP contribution >= 0.6 is 11.8 Å². The van der Waals surface area contributed by atoms with Gasteiger partial charge in [0.1, 0.15) is 5.75 Å². The summed E-state index contributed by atoms with van der Waals surface area (Å²) >= 11 is 1.49. The largest absolute Gasteiger partial charge is 0.493 e. The standard InChI is InChI=1S/C19H20N2O3S/c22-12-6-11-21-18(23)16-9-4-5-10-17(16)20-19(21)25-14-13-24-15-7-2-1-3-8-15/h1-5,7-10,22H,6,11-14H2. The molecule has 6 heteroatoms. The third-order valence-electron chi connectivity index (χ3n) is 3.69. The van der Waals surface area contributed by atoms with Gasteiger partial charge in [-0.3, -0.25) is 9.36 Å². The summed E-state index contributed by atoms with van der Waals surface area (Å²) in [7, 11) is 0. The molecule has 3 rings (SSSR count). The van der Waals surface area contributed by atoms with E-state index in [0.717, 1.165) is 5.75 Å². The Morgan fingerprint density at radius 1 is 1.08 bits per heavy atom. The molecule has 0 unspecified atom stereocenters. The maximum absolute atomic E-state index is 12.7. The molecule has 3 aromatic rings. The normalized spacial score (nSPS) is 10.9. The highest BCUT2D eigenvalue weighted by Crippen LogP contribution is 2.18. The Labute approximate surface area is 150 Å². The van der Waals surface area contributed by atoms with Gasteiger partial charge in [0, 0.05) is 18.9 Å². The van der Waals surface area contributed by atoms with Gasteiger partial charge in [0.25, 0.3) is 5.56 Å². The van der Waals surface area contributed by atoms with Gasteiger partial charge in [0.05, 0.1) is 17.5 Å². The third-order valence-corrected chi connectivity index (χ3v) is 4.63. The van der Waals surface area contributed by atoms with Crippen LogP contribution in [0.25, 0.3) is 10.9 Å². The quantitative estimate of drug-likeness (QED) is 0.382. The minimum Gasteiger partial charge on any atom is -0.493 e. The van der Waals surface area contributed by atoms with Gasteiger partial charge in [0.2, 0.25) is 0 Å². The molecule has 5 nitrogen and oxygen atoms in total. The van der Waals surface area contributed by atoms with Crippen molar-refractivity contribution in [2.24, 2.45) is 0 Å². The average molecular weight is 356 g/mol. The first kappa shape index (κ1) is 17.5. The fourth-order valence-corrected chi connectivity index (χ4v) is 3.34. The number of aromatic nitrogens is 2. The minimum atomic E-state index is -0.0643. The molecule has 0 atom stereocenters. The van der Waals surface area contributed by atoms with E-state index in [1.165, 1.54) is 11.8 Å². The van der Waals surface area contributed by atoms with Crippen LogP contribution in [0.15, 0.2) is 64.5 Å². The molecule has 0 aliphatic rings. The van der Waals surface area contributed by atoms with Crippen LogP contribution in [0.1, 0.15) is 6.42 Å². The van der Waals surface area contributed by atoms with Gasteiger partial charge in [-0.15, -0.1) is 0 Å². The predicted octanol–water partition coefficient (Wildman–Crippen LogP) is 2.95. The molecule has 0 bridgehead atoms. The summed E-state index contributed by atoms with van der Waals surface area (Å²) in [5, 5.41) is 10.4. The molecular weight excluding hydrogens is 336 g/mol. The highest BCUT2D eigenvalue weighted by Gasteiger charge is 2.11. The number of hydrogen-bond donors (Lipinski definition) is 1. The van der Waals surface area contributed by atoms with Crippen molar-refractivity contribution in [2.75, 3.05) is 19.0 Å². The molecule has 0 fully saturated rings. The summed E-state index contributed by atoms with van der Waals surface area (Å²) in [4.78, 5) is 17.3. The molecule has 25 heavy (non-hydrogen) atoms. The van der Waals surface area contributed by atoms with Crippen molar-refractivity contribution in [3.63, 3.8) is 0 Å². The number of hydrogen-bond acceptors (Lipinski definition) is 5. The van der Waals surface area contributed by atoms with E-state index in [1.54, 1.807) is 10.6 Å². The van der Waals surface area contributed by atoms with E-state index in [-0.39, 0.29) is 12.2 Å². The van der Waals surface area contributed by atoms with E-state index in [2.05, 4.69) is 4.98 Å². The molecular formula is C19H20N2O3S. The van der Waals surface area contributed by atoms with Crippen LogP contribution < -0.4 is 10.3 Å². The molecule has 0 aliphatic heterocycles. The third kappa shape index (κ3) is 4.41. The predicted molar refractivity (Wildman–Crippen MR) is 100 cm³/mol. The fourth-order valence-electron chi connectivity index (χ4n) is 2.49. The SMILES string of the molecule is O=c1c2ccccc2nc(SCCOc2ccccc2)n1CCCO. The van der Waals surface area contributed by atoms with Crippen molar-refractivity contribution in [1.29, 1.82) is 0 Å². The van der Waals surface area contributed by atoms with Crippen molar-refractivity contribution >= 4 is 22.7 Å². The number of para-hydroxylation sites is 2. The lowest BCUT2D eigenvalue weighted by molar-refractivity contribution is 0.276. The second kappa shape index (κ2) is 8.69. The van der Waals surface area contributed by atoms with Gasteiger partial charge in [0.15, 0.2) is 5.16 Å². The molecule has 1 N–H and O–H groups in total. The van der Waals surface area contributed by atoms with Crippen molar-refractivity contribution < 1.29 is 9.84 Å². The maximum Gasteiger partial charge on any atom is 0.262 e. The zero-order chi connectivity index (χ0) is 17.5. The summed E-state index contributed by atoms with van der Waals surface area (Å²) in [6.07, 6.45) is 0.522. The van der Waals surface area contributed by atoms with E-state index in [9.17, 15) is 4.79 Å². The number of aliphatic hydroxyl groups is 1. The van der Waals surface area contributed by atoms with Gasteiger partial charge >= 0.3 is 0 Å². The Kier molecular flexibility index (Phi) is 6.09. The first-order chi connectivity index (χ1) is 12.3. The molecule has 1 heterocycles. The molecule has 130 valence electrons. The smallest absolute Gasteiger partial charge is 0.262 e. The lowest BCUT2D eigenvalue weighted by atomic mass is 10.2. The van der Waals surface area contributed by atoms with Gasteiger partial charge in [-0.2, -0.15) is 0 Å². The summed E-state index contributed by atoms with van der Waals surface area (Å²) in [5.74, 6) is 1.51. The van der Waals surface area contributed by atoms with Gasteiger partial charge in [-0.25, -0.2) is 4.98 Å². The number of aliphatic hydroxyl groups excluding tert-OH is 1. The van der Waals surface area contributed by atoms with Crippen LogP contribution in [0.2, 0.25) is 0 Å². The Morgan fingerprint density at radius 2 is 1.84 bits per heavy atom.